The number of piperidine rings is 1. The number of hydrogen-bond donors (Lipinski definition) is 0. The molecule has 0 spiro atoms. The number of anilines is 1. The molecule has 1 aliphatic heterocycles. The molecule has 2 nitrogen and oxygen atoms in total. The lowest BCUT2D eigenvalue weighted by atomic mass is 9.74. The second-order valence-electron chi connectivity index (χ2n) is 11.6. The summed E-state index contributed by atoms with van der Waals surface area (Å²) in [5, 5.41) is 0. The Morgan fingerprint density at radius 1 is 0.969 bits per heavy atom. The van der Waals surface area contributed by atoms with E-state index < -0.39 is 16.5 Å². The second kappa shape index (κ2) is 10.1. The molecule has 1 heterocycles. The highest BCUT2D eigenvalue weighted by Gasteiger charge is 2.37. The van der Waals surface area contributed by atoms with Gasteiger partial charge in [0.2, 0.25) is 0 Å². The molecule has 0 bridgehead atoms. The zero-order valence-corrected chi connectivity index (χ0v) is 23.4. The highest BCUT2D eigenvalue weighted by molar-refractivity contribution is 6.99. The van der Waals surface area contributed by atoms with Crippen LogP contribution in [-0.4, -0.2) is 34.0 Å². The van der Waals surface area contributed by atoms with Crippen molar-refractivity contribution >= 4 is 22.2 Å². The Morgan fingerprint density at radius 3 is 2.22 bits per heavy atom. The summed E-state index contributed by atoms with van der Waals surface area (Å²) >= 11 is 0. The van der Waals surface area contributed by atoms with Crippen LogP contribution in [0.5, 0.6) is 0 Å². The minimum atomic E-state index is -1.46. The van der Waals surface area contributed by atoms with E-state index in [1.54, 1.807) is 0 Å². The molecule has 2 aromatic carbocycles. The molecular weight excluding hydrogens is 420 g/mol. The largest absolute Gasteiger partial charge is 0.425 e. The first kappa shape index (κ1) is 25.0. The van der Waals surface area contributed by atoms with E-state index in [1.807, 2.05) is 0 Å². The van der Waals surface area contributed by atoms with Gasteiger partial charge in [-0.05, 0) is 61.4 Å². The molecule has 0 amide bonds. The summed E-state index contributed by atoms with van der Waals surface area (Å²) in [7, 11) is -2.93. The number of hydrogen-bond acceptors (Lipinski definition) is 2. The third-order valence-electron chi connectivity index (χ3n) is 7.01. The highest BCUT2D eigenvalue weighted by Crippen LogP contribution is 2.41. The summed E-state index contributed by atoms with van der Waals surface area (Å²) in [4.78, 5) is 2.68. The second-order valence-corrected chi connectivity index (χ2v) is 21.6. The molecule has 4 heteroatoms. The van der Waals surface area contributed by atoms with Crippen molar-refractivity contribution in [2.75, 3.05) is 10.8 Å². The Bertz CT molecular complexity index is 868. The molecule has 3 rings (SSSR count). The van der Waals surface area contributed by atoms with E-state index in [2.05, 4.69) is 123 Å². The van der Waals surface area contributed by atoms with Gasteiger partial charge >= 0.3 is 0 Å². The van der Waals surface area contributed by atoms with Crippen molar-refractivity contribution in [3.8, 4) is 0 Å². The van der Waals surface area contributed by atoms with Gasteiger partial charge in [0, 0.05) is 18.3 Å². The van der Waals surface area contributed by atoms with Crippen LogP contribution in [0.2, 0.25) is 39.3 Å². The van der Waals surface area contributed by atoms with Crippen LogP contribution >= 0.6 is 0 Å². The molecule has 0 aliphatic carbocycles. The Kier molecular flexibility index (Phi) is 7.90. The maximum absolute atomic E-state index is 4.12. The van der Waals surface area contributed by atoms with E-state index >= 15 is 0 Å². The highest BCUT2D eigenvalue weighted by atomic mass is 28.4. The van der Waals surface area contributed by atoms with Crippen LogP contribution in [0.15, 0.2) is 67.3 Å². The van der Waals surface area contributed by atoms with Gasteiger partial charge in [0.15, 0.2) is 0 Å². The first-order valence-electron chi connectivity index (χ1n) is 12.3. The van der Waals surface area contributed by atoms with E-state index in [-0.39, 0.29) is 0 Å². The van der Waals surface area contributed by atoms with Crippen LogP contribution < -0.4 is 4.23 Å². The Labute approximate surface area is 199 Å². The van der Waals surface area contributed by atoms with Gasteiger partial charge in [-0.1, -0.05) is 87.8 Å². The van der Waals surface area contributed by atoms with E-state index in [0.29, 0.717) is 17.9 Å². The molecule has 3 atom stereocenters. The molecule has 1 aliphatic rings. The lowest BCUT2D eigenvalue weighted by molar-refractivity contribution is 0.0813. The normalized spacial score (nSPS) is 22.5. The molecule has 174 valence electrons. The average Bonchev–Trinajstić information content (AvgIpc) is 2.70. The minimum Gasteiger partial charge on any atom is -0.425 e. The van der Waals surface area contributed by atoms with Crippen LogP contribution in [0.3, 0.4) is 0 Å². The number of nitrogens with zero attached hydrogens (tertiary/aromatic N) is 2. The third kappa shape index (κ3) is 5.83. The van der Waals surface area contributed by atoms with Crippen LogP contribution in [0, 0.1) is 5.92 Å². The zero-order valence-electron chi connectivity index (χ0n) is 21.4. The van der Waals surface area contributed by atoms with Gasteiger partial charge in [0.05, 0.1) is 0 Å². The van der Waals surface area contributed by atoms with Gasteiger partial charge in [-0.3, -0.25) is 4.90 Å². The van der Waals surface area contributed by atoms with E-state index in [0.717, 1.165) is 19.5 Å². The summed E-state index contributed by atoms with van der Waals surface area (Å²) in [6, 6.07) is 21.1. The number of rotatable bonds is 8. The molecule has 0 unspecified atom stereocenters. The van der Waals surface area contributed by atoms with Crippen molar-refractivity contribution < 1.29 is 0 Å². The summed E-state index contributed by atoms with van der Waals surface area (Å²) in [6.07, 6.45) is 4.44. The van der Waals surface area contributed by atoms with Gasteiger partial charge in [0.25, 0.3) is 0 Å². The van der Waals surface area contributed by atoms with Crippen LogP contribution in [0.4, 0.5) is 5.69 Å². The molecule has 32 heavy (non-hydrogen) atoms. The van der Waals surface area contributed by atoms with Crippen LogP contribution in [0.25, 0.3) is 0 Å². The van der Waals surface area contributed by atoms with E-state index in [9.17, 15) is 0 Å². The fourth-order valence-corrected chi connectivity index (χ4v) is 15.9. The average molecular weight is 465 g/mol. The zero-order chi connectivity index (χ0) is 23.5. The van der Waals surface area contributed by atoms with Crippen LogP contribution in [-0.2, 0) is 6.54 Å². The molecule has 0 aromatic heterocycles. The Hall–Kier alpha value is -1.63. The first-order chi connectivity index (χ1) is 15.0. The summed E-state index contributed by atoms with van der Waals surface area (Å²) < 4.78 is 2.85. The summed E-state index contributed by atoms with van der Waals surface area (Å²) in [6.45, 7) is 23.7. The molecule has 0 saturated carbocycles. The number of likely N-dealkylation sites (tertiary alicyclic amines) is 1. The van der Waals surface area contributed by atoms with E-state index in [1.165, 1.54) is 23.2 Å². The van der Waals surface area contributed by atoms with Crippen LogP contribution in [0.1, 0.15) is 36.8 Å². The van der Waals surface area contributed by atoms with E-state index in [4.69, 9.17) is 0 Å². The number of allylic oxidation sites excluding steroid dienone is 1. The van der Waals surface area contributed by atoms with Crippen molar-refractivity contribution in [3.63, 3.8) is 0 Å². The summed E-state index contributed by atoms with van der Waals surface area (Å²) in [5.74, 6) is 1.20. The van der Waals surface area contributed by atoms with Gasteiger partial charge in [-0.15, -0.1) is 6.58 Å². The lowest BCUT2D eigenvalue weighted by Gasteiger charge is -2.47. The molecule has 1 fully saturated rings. The van der Waals surface area contributed by atoms with Gasteiger partial charge in [0.1, 0.15) is 16.5 Å². The number of benzene rings is 2. The van der Waals surface area contributed by atoms with Crippen molar-refractivity contribution in [2.24, 2.45) is 5.92 Å². The van der Waals surface area contributed by atoms with Gasteiger partial charge < -0.3 is 4.23 Å². The SMILES string of the molecule is C=CC[C@@H]1[C@@H](c2cccc(N([Si](C)(C)C)[Si](C)(C)C)c2)CCN(Cc2ccccc2)[C@H]1C. The molecular formula is C28H44N2Si2. The van der Waals surface area contributed by atoms with Gasteiger partial charge in [-0.2, -0.15) is 0 Å². The van der Waals surface area contributed by atoms with Gasteiger partial charge in [-0.25, -0.2) is 0 Å². The predicted octanol–water partition coefficient (Wildman–Crippen LogP) is 7.73. The topological polar surface area (TPSA) is 6.48 Å². The van der Waals surface area contributed by atoms with Crippen molar-refractivity contribution in [1.82, 2.24) is 4.90 Å². The Morgan fingerprint density at radius 2 is 1.62 bits per heavy atom. The predicted molar refractivity (Wildman–Crippen MR) is 148 cm³/mol. The monoisotopic (exact) mass is 464 g/mol. The smallest absolute Gasteiger partial charge is 0.138 e. The first-order valence-corrected chi connectivity index (χ1v) is 19.2. The fraction of sp³-hybridized carbons (Fsp3) is 0.500. The Balaban J connectivity index is 1.88. The lowest BCUT2D eigenvalue weighted by Crippen LogP contribution is -2.59. The quantitative estimate of drug-likeness (QED) is 0.291. The maximum atomic E-state index is 4.12. The maximum Gasteiger partial charge on any atom is 0.138 e. The van der Waals surface area contributed by atoms with Crippen molar-refractivity contribution in [1.29, 1.82) is 0 Å². The third-order valence-corrected chi connectivity index (χ3v) is 14.2. The molecule has 0 radical (unpaired) electrons. The minimum absolute atomic E-state index is 0.542. The standard InChI is InChI=1S/C28H44N2Si2/c1-9-14-27-23(2)29(22-24-15-11-10-12-16-24)20-19-28(27)25-17-13-18-26(21-25)30(31(3,4)5)32(6,7)8/h9-13,15-18,21,23,27-28H,1,14,19-20,22H2,2-8H3/t23-,27-,28+/m0/s1. The molecule has 0 N–H and O–H groups in total. The van der Waals surface area contributed by atoms with Crippen molar-refractivity contribution in [3.05, 3.63) is 78.4 Å². The fourth-order valence-electron chi connectivity index (χ4n) is 6.01. The molecule has 2 aromatic rings. The summed E-state index contributed by atoms with van der Waals surface area (Å²) in [5.41, 5.74) is 4.40. The van der Waals surface area contributed by atoms with Crippen molar-refractivity contribution in [2.45, 2.75) is 77.6 Å². The molecule has 1 saturated heterocycles.